The standard InChI is InChI=1S/C22H25NO3/c1-4-5-12-25-18-10-11-20-19(13-18)21(16(3)26-20)22(24)23-14-17-8-6-15(2)7-9-17/h6-11,13H,4-5,12,14H2,1-3H3,(H,23,24). The maximum Gasteiger partial charge on any atom is 0.255 e. The molecule has 2 aromatic carbocycles. The number of furan rings is 1. The fourth-order valence-electron chi connectivity index (χ4n) is 2.88. The van der Waals surface area contributed by atoms with Crippen LogP contribution in [0.15, 0.2) is 46.9 Å². The molecule has 26 heavy (non-hydrogen) atoms. The number of carbonyl (C=O) groups is 1. The fourth-order valence-corrected chi connectivity index (χ4v) is 2.88. The maximum absolute atomic E-state index is 12.7. The van der Waals surface area contributed by atoms with Crippen LogP contribution in [0.25, 0.3) is 11.0 Å². The summed E-state index contributed by atoms with van der Waals surface area (Å²) in [5, 5.41) is 3.78. The number of hydrogen-bond acceptors (Lipinski definition) is 3. The highest BCUT2D eigenvalue weighted by molar-refractivity contribution is 6.07. The van der Waals surface area contributed by atoms with Crippen LogP contribution >= 0.6 is 0 Å². The molecule has 1 N–H and O–H groups in total. The molecule has 0 aliphatic heterocycles. The van der Waals surface area contributed by atoms with Gasteiger partial charge in [-0.3, -0.25) is 4.79 Å². The van der Waals surface area contributed by atoms with E-state index in [0.29, 0.717) is 30.1 Å². The summed E-state index contributed by atoms with van der Waals surface area (Å²) in [6, 6.07) is 13.8. The average molecular weight is 351 g/mol. The zero-order chi connectivity index (χ0) is 18.5. The molecule has 0 radical (unpaired) electrons. The van der Waals surface area contributed by atoms with E-state index < -0.39 is 0 Å². The van der Waals surface area contributed by atoms with E-state index in [2.05, 4.69) is 12.2 Å². The maximum atomic E-state index is 12.7. The van der Waals surface area contributed by atoms with Crippen molar-refractivity contribution in [1.82, 2.24) is 5.32 Å². The van der Waals surface area contributed by atoms with Crippen molar-refractivity contribution in [2.45, 2.75) is 40.2 Å². The van der Waals surface area contributed by atoms with Gasteiger partial charge in [0.15, 0.2) is 0 Å². The second-order valence-corrected chi connectivity index (χ2v) is 6.56. The number of benzene rings is 2. The highest BCUT2D eigenvalue weighted by Gasteiger charge is 2.18. The van der Waals surface area contributed by atoms with Gasteiger partial charge >= 0.3 is 0 Å². The van der Waals surface area contributed by atoms with Crippen LogP contribution in [0, 0.1) is 13.8 Å². The van der Waals surface area contributed by atoms with Gasteiger partial charge < -0.3 is 14.5 Å². The second-order valence-electron chi connectivity index (χ2n) is 6.56. The molecule has 1 aromatic heterocycles. The Kier molecular flexibility index (Phi) is 5.61. The smallest absolute Gasteiger partial charge is 0.255 e. The monoisotopic (exact) mass is 351 g/mol. The van der Waals surface area contributed by atoms with Gasteiger partial charge in [0.1, 0.15) is 17.1 Å². The number of carbonyl (C=O) groups excluding carboxylic acids is 1. The Bertz CT molecular complexity index is 894. The van der Waals surface area contributed by atoms with Crippen molar-refractivity contribution < 1.29 is 13.9 Å². The van der Waals surface area contributed by atoms with E-state index in [9.17, 15) is 4.79 Å². The Morgan fingerprint density at radius 1 is 1.12 bits per heavy atom. The van der Waals surface area contributed by atoms with Gasteiger partial charge in [0.05, 0.1) is 12.2 Å². The molecule has 136 valence electrons. The van der Waals surface area contributed by atoms with Gasteiger partial charge in [0, 0.05) is 11.9 Å². The van der Waals surface area contributed by atoms with Crippen LogP contribution in [0.1, 0.15) is 47.0 Å². The van der Waals surface area contributed by atoms with Crippen LogP contribution in [0.2, 0.25) is 0 Å². The molecule has 3 aromatic rings. The summed E-state index contributed by atoms with van der Waals surface area (Å²) in [7, 11) is 0. The molecule has 0 saturated heterocycles. The Labute approximate surface area is 154 Å². The SMILES string of the molecule is CCCCOc1ccc2oc(C)c(C(=O)NCc3ccc(C)cc3)c2c1. The van der Waals surface area contributed by atoms with E-state index in [1.807, 2.05) is 56.3 Å². The van der Waals surface area contributed by atoms with E-state index in [0.717, 1.165) is 29.5 Å². The molecule has 1 heterocycles. The minimum Gasteiger partial charge on any atom is -0.494 e. The molecule has 4 nitrogen and oxygen atoms in total. The molecule has 0 saturated carbocycles. The number of unbranched alkanes of at least 4 members (excludes halogenated alkanes) is 1. The molecule has 0 unspecified atom stereocenters. The lowest BCUT2D eigenvalue weighted by molar-refractivity contribution is 0.0951. The number of hydrogen-bond donors (Lipinski definition) is 1. The van der Waals surface area contributed by atoms with Gasteiger partial charge in [-0.05, 0) is 44.0 Å². The minimum absolute atomic E-state index is 0.132. The largest absolute Gasteiger partial charge is 0.494 e. The molecule has 0 atom stereocenters. The normalized spacial score (nSPS) is 10.9. The van der Waals surface area contributed by atoms with Crippen molar-refractivity contribution >= 4 is 16.9 Å². The molecular weight excluding hydrogens is 326 g/mol. The molecule has 0 aliphatic carbocycles. The Morgan fingerprint density at radius 3 is 2.62 bits per heavy atom. The first-order chi connectivity index (χ1) is 12.6. The lowest BCUT2D eigenvalue weighted by Gasteiger charge is -2.07. The number of amides is 1. The Hall–Kier alpha value is -2.75. The van der Waals surface area contributed by atoms with Crippen molar-refractivity contribution in [3.8, 4) is 5.75 Å². The van der Waals surface area contributed by atoms with E-state index in [1.165, 1.54) is 5.56 Å². The number of nitrogens with one attached hydrogen (secondary N) is 1. The first-order valence-corrected chi connectivity index (χ1v) is 9.08. The third-order valence-electron chi connectivity index (χ3n) is 4.40. The van der Waals surface area contributed by atoms with Crippen molar-refractivity contribution in [3.05, 3.63) is 64.9 Å². The molecular formula is C22H25NO3. The van der Waals surface area contributed by atoms with Gasteiger partial charge in [-0.15, -0.1) is 0 Å². The highest BCUT2D eigenvalue weighted by Crippen LogP contribution is 2.29. The lowest BCUT2D eigenvalue weighted by atomic mass is 10.1. The van der Waals surface area contributed by atoms with E-state index >= 15 is 0 Å². The van der Waals surface area contributed by atoms with Crippen LogP contribution < -0.4 is 10.1 Å². The zero-order valence-electron chi connectivity index (χ0n) is 15.6. The summed E-state index contributed by atoms with van der Waals surface area (Å²) in [6.45, 7) is 7.15. The van der Waals surface area contributed by atoms with Gasteiger partial charge in [0.2, 0.25) is 0 Å². The third kappa shape index (κ3) is 4.07. The van der Waals surface area contributed by atoms with Crippen LogP contribution in [0.5, 0.6) is 5.75 Å². The topological polar surface area (TPSA) is 51.5 Å². The van der Waals surface area contributed by atoms with Crippen molar-refractivity contribution in [2.75, 3.05) is 6.61 Å². The van der Waals surface area contributed by atoms with Crippen molar-refractivity contribution in [3.63, 3.8) is 0 Å². The van der Waals surface area contributed by atoms with Crippen LogP contribution in [0.4, 0.5) is 0 Å². The fraction of sp³-hybridized carbons (Fsp3) is 0.318. The Balaban J connectivity index is 1.78. The predicted molar refractivity (Wildman–Crippen MR) is 104 cm³/mol. The predicted octanol–water partition coefficient (Wildman–Crippen LogP) is 5.16. The molecule has 0 fully saturated rings. The van der Waals surface area contributed by atoms with Gasteiger partial charge in [-0.25, -0.2) is 0 Å². The highest BCUT2D eigenvalue weighted by atomic mass is 16.5. The van der Waals surface area contributed by atoms with Crippen LogP contribution in [-0.4, -0.2) is 12.5 Å². The first-order valence-electron chi connectivity index (χ1n) is 9.08. The number of fused-ring (bicyclic) bond motifs is 1. The summed E-state index contributed by atoms with van der Waals surface area (Å²) in [5.74, 6) is 1.25. The zero-order valence-corrected chi connectivity index (χ0v) is 15.6. The summed E-state index contributed by atoms with van der Waals surface area (Å²) >= 11 is 0. The molecule has 0 bridgehead atoms. The number of ether oxygens (including phenoxy) is 1. The van der Waals surface area contributed by atoms with Crippen LogP contribution in [-0.2, 0) is 6.54 Å². The molecule has 4 heteroatoms. The summed E-state index contributed by atoms with van der Waals surface area (Å²) in [6.07, 6.45) is 2.09. The average Bonchev–Trinajstić information content (AvgIpc) is 2.96. The first kappa shape index (κ1) is 18.1. The summed E-state index contributed by atoms with van der Waals surface area (Å²) < 4.78 is 11.5. The van der Waals surface area contributed by atoms with E-state index in [1.54, 1.807) is 0 Å². The van der Waals surface area contributed by atoms with Crippen LogP contribution in [0.3, 0.4) is 0 Å². The second kappa shape index (κ2) is 8.09. The van der Waals surface area contributed by atoms with Crippen molar-refractivity contribution in [2.24, 2.45) is 0 Å². The molecule has 0 spiro atoms. The molecule has 0 aliphatic rings. The quantitative estimate of drug-likeness (QED) is 0.598. The minimum atomic E-state index is -0.132. The third-order valence-corrected chi connectivity index (χ3v) is 4.40. The lowest BCUT2D eigenvalue weighted by Crippen LogP contribution is -2.23. The van der Waals surface area contributed by atoms with Gasteiger partial charge in [-0.2, -0.15) is 0 Å². The van der Waals surface area contributed by atoms with Crippen molar-refractivity contribution in [1.29, 1.82) is 0 Å². The van der Waals surface area contributed by atoms with E-state index in [4.69, 9.17) is 9.15 Å². The van der Waals surface area contributed by atoms with Gasteiger partial charge in [-0.1, -0.05) is 43.2 Å². The molecule has 1 amide bonds. The number of rotatable bonds is 7. The van der Waals surface area contributed by atoms with Gasteiger partial charge in [0.25, 0.3) is 5.91 Å². The molecule has 3 rings (SSSR count). The number of aryl methyl sites for hydroxylation is 2. The van der Waals surface area contributed by atoms with E-state index in [-0.39, 0.29) is 5.91 Å². The summed E-state index contributed by atoms with van der Waals surface area (Å²) in [4.78, 5) is 12.7. The Morgan fingerprint density at radius 2 is 1.88 bits per heavy atom. The summed E-state index contributed by atoms with van der Waals surface area (Å²) in [5.41, 5.74) is 3.55.